The summed E-state index contributed by atoms with van der Waals surface area (Å²) in [6.07, 6.45) is -0.732. The van der Waals surface area contributed by atoms with Crippen LogP contribution in [-0.2, 0) is 16.0 Å². The van der Waals surface area contributed by atoms with E-state index in [0.717, 1.165) is 5.56 Å². The standard InChI is InChI=1S/C20H23NO5/c1-20(2,3)26-19(25)21-17(18(23)24)11-14-9-10-15(22)12-16(14)13-7-5-4-6-8-13/h4-10,12,17,22H,11H2,1-3H3,(H,21,25)(H,23,24). The molecular formula is C20H23NO5. The Morgan fingerprint density at radius 2 is 1.77 bits per heavy atom. The summed E-state index contributed by atoms with van der Waals surface area (Å²) < 4.78 is 5.14. The van der Waals surface area contributed by atoms with Crippen LogP contribution in [-0.4, -0.2) is 33.9 Å². The summed E-state index contributed by atoms with van der Waals surface area (Å²) in [5, 5.41) is 21.7. The number of amides is 1. The van der Waals surface area contributed by atoms with Crippen molar-refractivity contribution in [1.29, 1.82) is 0 Å². The van der Waals surface area contributed by atoms with Gasteiger partial charge in [-0.2, -0.15) is 0 Å². The number of carboxylic acids is 1. The first-order valence-electron chi connectivity index (χ1n) is 8.25. The number of aromatic hydroxyl groups is 1. The van der Waals surface area contributed by atoms with E-state index < -0.39 is 23.7 Å². The number of aliphatic carboxylic acids is 1. The largest absolute Gasteiger partial charge is 0.508 e. The van der Waals surface area contributed by atoms with Crippen LogP contribution in [0.25, 0.3) is 11.1 Å². The van der Waals surface area contributed by atoms with Crippen LogP contribution in [0.1, 0.15) is 26.3 Å². The van der Waals surface area contributed by atoms with Crippen LogP contribution < -0.4 is 5.32 Å². The molecule has 0 aromatic heterocycles. The van der Waals surface area contributed by atoms with E-state index in [1.165, 1.54) is 6.07 Å². The lowest BCUT2D eigenvalue weighted by molar-refractivity contribution is -0.139. The quantitative estimate of drug-likeness (QED) is 0.760. The van der Waals surface area contributed by atoms with Crippen molar-refractivity contribution >= 4 is 12.1 Å². The number of carbonyl (C=O) groups excluding carboxylic acids is 1. The second-order valence-electron chi connectivity index (χ2n) is 6.95. The smallest absolute Gasteiger partial charge is 0.408 e. The Kier molecular flexibility index (Phi) is 5.87. The van der Waals surface area contributed by atoms with E-state index in [1.54, 1.807) is 32.9 Å². The molecule has 0 spiro atoms. The molecule has 6 heteroatoms. The lowest BCUT2D eigenvalue weighted by Crippen LogP contribution is -2.44. The Morgan fingerprint density at radius 1 is 1.12 bits per heavy atom. The summed E-state index contributed by atoms with van der Waals surface area (Å²) in [7, 11) is 0. The molecule has 138 valence electrons. The van der Waals surface area contributed by atoms with E-state index in [0.29, 0.717) is 11.1 Å². The molecule has 2 aromatic carbocycles. The van der Waals surface area contributed by atoms with Crippen molar-refractivity contribution < 1.29 is 24.5 Å². The maximum absolute atomic E-state index is 11.9. The highest BCUT2D eigenvalue weighted by Crippen LogP contribution is 2.28. The van der Waals surface area contributed by atoms with Gasteiger partial charge in [0.25, 0.3) is 0 Å². The number of phenols is 1. The number of ether oxygens (including phenoxy) is 1. The summed E-state index contributed by atoms with van der Waals surface area (Å²) in [6, 6.07) is 12.9. The summed E-state index contributed by atoms with van der Waals surface area (Å²) >= 11 is 0. The van der Waals surface area contributed by atoms with E-state index in [-0.39, 0.29) is 12.2 Å². The number of carboxylic acid groups (broad SMARTS) is 1. The van der Waals surface area contributed by atoms with Gasteiger partial charge in [-0.25, -0.2) is 9.59 Å². The molecule has 1 amide bonds. The number of hydrogen-bond donors (Lipinski definition) is 3. The Bertz CT molecular complexity index is 781. The zero-order chi connectivity index (χ0) is 19.3. The van der Waals surface area contributed by atoms with E-state index in [4.69, 9.17) is 4.74 Å². The number of rotatable bonds is 5. The minimum absolute atomic E-state index is 0.0546. The Balaban J connectivity index is 2.27. The molecule has 1 atom stereocenters. The average Bonchev–Trinajstić information content (AvgIpc) is 2.54. The highest BCUT2D eigenvalue weighted by molar-refractivity contribution is 5.81. The third-order valence-electron chi connectivity index (χ3n) is 3.59. The van der Waals surface area contributed by atoms with Crippen LogP contribution >= 0.6 is 0 Å². The van der Waals surface area contributed by atoms with Crippen molar-refractivity contribution in [2.75, 3.05) is 0 Å². The molecule has 0 radical (unpaired) electrons. The molecule has 1 unspecified atom stereocenters. The van der Waals surface area contributed by atoms with Crippen LogP contribution in [0.3, 0.4) is 0 Å². The van der Waals surface area contributed by atoms with Gasteiger partial charge < -0.3 is 20.3 Å². The van der Waals surface area contributed by atoms with Gasteiger partial charge in [0.1, 0.15) is 17.4 Å². The van der Waals surface area contributed by atoms with Gasteiger partial charge in [-0.3, -0.25) is 0 Å². The molecule has 0 saturated heterocycles. The van der Waals surface area contributed by atoms with E-state index in [9.17, 15) is 19.8 Å². The molecule has 2 aromatic rings. The van der Waals surface area contributed by atoms with Crippen molar-refractivity contribution in [2.45, 2.75) is 38.8 Å². The van der Waals surface area contributed by atoms with Gasteiger partial charge in [0, 0.05) is 6.42 Å². The number of carbonyl (C=O) groups is 2. The number of nitrogens with one attached hydrogen (secondary N) is 1. The zero-order valence-electron chi connectivity index (χ0n) is 15.0. The monoisotopic (exact) mass is 357 g/mol. The average molecular weight is 357 g/mol. The topological polar surface area (TPSA) is 95.9 Å². The van der Waals surface area contributed by atoms with Crippen molar-refractivity contribution in [1.82, 2.24) is 5.32 Å². The van der Waals surface area contributed by atoms with Gasteiger partial charge >= 0.3 is 12.1 Å². The second-order valence-corrected chi connectivity index (χ2v) is 6.95. The first-order chi connectivity index (χ1) is 12.2. The molecule has 0 aliphatic rings. The van der Waals surface area contributed by atoms with Gasteiger partial charge in [0.15, 0.2) is 0 Å². The first-order valence-corrected chi connectivity index (χ1v) is 8.25. The molecule has 0 bridgehead atoms. The molecule has 0 fully saturated rings. The van der Waals surface area contributed by atoms with Crippen molar-refractivity contribution in [3.63, 3.8) is 0 Å². The fourth-order valence-electron chi connectivity index (χ4n) is 2.50. The number of hydrogen-bond acceptors (Lipinski definition) is 4. The molecule has 6 nitrogen and oxygen atoms in total. The van der Waals surface area contributed by atoms with Crippen LogP contribution in [0.5, 0.6) is 5.75 Å². The first kappa shape index (κ1) is 19.3. The van der Waals surface area contributed by atoms with Crippen LogP contribution in [0.4, 0.5) is 4.79 Å². The second kappa shape index (κ2) is 7.91. The highest BCUT2D eigenvalue weighted by Gasteiger charge is 2.25. The SMILES string of the molecule is CC(C)(C)OC(=O)NC(Cc1ccc(O)cc1-c1ccccc1)C(=O)O. The summed E-state index contributed by atoms with van der Waals surface area (Å²) in [4.78, 5) is 23.5. The minimum atomic E-state index is -1.16. The van der Waals surface area contributed by atoms with Gasteiger partial charge in [0.2, 0.25) is 0 Å². The lowest BCUT2D eigenvalue weighted by atomic mass is 9.95. The zero-order valence-corrected chi connectivity index (χ0v) is 15.0. The van der Waals surface area contributed by atoms with Gasteiger partial charge in [0.05, 0.1) is 0 Å². The molecular weight excluding hydrogens is 334 g/mol. The predicted octanol–water partition coefficient (Wildman–Crippen LogP) is 3.58. The maximum atomic E-state index is 11.9. The van der Waals surface area contributed by atoms with Crippen molar-refractivity contribution in [2.24, 2.45) is 0 Å². The molecule has 0 aliphatic heterocycles. The fraction of sp³-hybridized carbons (Fsp3) is 0.300. The van der Waals surface area contributed by atoms with Gasteiger partial charge in [-0.15, -0.1) is 0 Å². The molecule has 0 aliphatic carbocycles. The Morgan fingerprint density at radius 3 is 2.35 bits per heavy atom. The number of phenolic OH excluding ortho intramolecular Hbond substituents is 1. The number of benzene rings is 2. The molecule has 2 rings (SSSR count). The lowest BCUT2D eigenvalue weighted by Gasteiger charge is -2.22. The van der Waals surface area contributed by atoms with Gasteiger partial charge in [-0.1, -0.05) is 36.4 Å². The highest BCUT2D eigenvalue weighted by atomic mass is 16.6. The fourth-order valence-corrected chi connectivity index (χ4v) is 2.50. The van der Waals surface area contributed by atoms with Gasteiger partial charge in [-0.05, 0) is 49.6 Å². The summed E-state index contributed by atoms with van der Waals surface area (Å²) in [5.74, 6) is -1.08. The third-order valence-corrected chi connectivity index (χ3v) is 3.59. The van der Waals surface area contributed by atoms with Crippen LogP contribution in [0.15, 0.2) is 48.5 Å². The minimum Gasteiger partial charge on any atom is -0.508 e. The summed E-state index contributed by atoms with van der Waals surface area (Å²) in [5.41, 5.74) is 1.53. The molecule has 3 N–H and O–H groups in total. The molecule has 0 saturated carbocycles. The Labute approximate surface area is 152 Å². The normalized spacial score (nSPS) is 12.3. The third kappa shape index (κ3) is 5.51. The van der Waals surface area contributed by atoms with Crippen LogP contribution in [0.2, 0.25) is 0 Å². The van der Waals surface area contributed by atoms with Crippen molar-refractivity contribution in [3.05, 3.63) is 54.1 Å². The van der Waals surface area contributed by atoms with E-state index >= 15 is 0 Å². The van der Waals surface area contributed by atoms with E-state index in [2.05, 4.69) is 5.32 Å². The predicted molar refractivity (Wildman–Crippen MR) is 98.0 cm³/mol. The molecule has 0 heterocycles. The molecule has 26 heavy (non-hydrogen) atoms. The van der Waals surface area contributed by atoms with Crippen LogP contribution in [0, 0.1) is 0 Å². The maximum Gasteiger partial charge on any atom is 0.408 e. The summed E-state index contributed by atoms with van der Waals surface area (Å²) in [6.45, 7) is 5.11. The number of alkyl carbamates (subject to hydrolysis) is 1. The van der Waals surface area contributed by atoms with Crippen molar-refractivity contribution in [3.8, 4) is 16.9 Å². The Hall–Kier alpha value is -3.02. The van der Waals surface area contributed by atoms with E-state index in [1.807, 2.05) is 30.3 Å².